The Morgan fingerprint density at radius 2 is 1.83 bits per heavy atom. The minimum atomic E-state index is -0.139. The van der Waals surface area contributed by atoms with E-state index in [1.165, 1.54) is 0 Å². The Balaban J connectivity index is 2.32. The third-order valence-corrected chi connectivity index (χ3v) is 2.99. The highest BCUT2D eigenvalue weighted by atomic mass is 16.1. The van der Waals surface area contributed by atoms with Crippen LogP contribution in [0, 0.1) is 6.92 Å². The molecule has 0 fully saturated rings. The van der Waals surface area contributed by atoms with Crippen molar-refractivity contribution in [3.63, 3.8) is 0 Å². The van der Waals surface area contributed by atoms with Crippen molar-refractivity contribution in [2.24, 2.45) is 0 Å². The van der Waals surface area contributed by atoms with E-state index in [9.17, 15) is 4.79 Å². The summed E-state index contributed by atoms with van der Waals surface area (Å²) in [6, 6.07) is 13.1. The van der Waals surface area contributed by atoms with E-state index in [2.05, 4.69) is 4.98 Å². The first-order valence-corrected chi connectivity index (χ1v) is 5.72. The largest absolute Gasteiger partial charge is 0.399 e. The highest BCUT2D eigenvalue weighted by Gasteiger charge is 2.08. The second-order valence-corrected chi connectivity index (χ2v) is 4.38. The summed E-state index contributed by atoms with van der Waals surface area (Å²) in [5.74, 6) is 0. The van der Waals surface area contributed by atoms with E-state index in [0.717, 1.165) is 22.3 Å². The Bertz CT molecular complexity index is 766. The van der Waals surface area contributed by atoms with Gasteiger partial charge in [0.05, 0.1) is 16.7 Å². The van der Waals surface area contributed by atoms with Crippen LogP contribution in [0.5, 0.6) is 0 Å². The van der Waals surface area contributed by atoms with Crippen LogP contribution in [0.4, 0.5) is 5.69 Å². The zero-order valence-electron chi connectivity index (χ0n) is 9.97. The highest BCUT2D eigenvalue weighted by molar-refractivity contribution is 5.78. The van der Waals surface area contributed by atoms with Crippen LogP contribution in [-0.2, 0) is 0 Å². The summed E-state index contributed by atoms with van der Waals surface area (Å²) in [4.78, 5) is 14.9. The van der Waals surface area contributed by atoms with Crippen LogP contribution < -0.4 is 11.4 Å². The molecule has 0 saturated carbocycles. The Morgan fingerprint density at radius 1 is 1.11 bits per heavy atom. The van der Waals surface area contributed by atoms with Gasteiger partial charge in [0.1, 0.15) is 0 Å². The molecule has 0 spiro atoms. The Morgan fingerprint density at radius 3 is 2.56 bits per heavy atom. The van der Waals surface area contributed by atoms with Crippen molar-refractivity contribution >= 4 is 16.7 Å². The van der Waals surface area contributed by atoms with E-state index in [-0.39, 0.29) is 5.69 Å². The van der Waals surface area contributed by atoms with E-state index in [4.69, 9.17) is 5.73 Å². The maximum absolute atomic E-state index is 12.0. The summed E-state index contributed by atoms with van der Waals surface area (Å²) >= 11 is 0. The molecule has 0 unspecified atom stereocenters. The molecule has 0 saturated heterocycles. The van der Waals surface area contributed by atoms with E-state index in [1.54, 1.807) is 16.7 Å². The maximum atomic E-state index is 12.0. The number of nitrogens with two attached hydrogens (primary N) is 1. The molecule has 90 valence electrons. The summed E-state index contributed by atoms with van der Waals surface area (Å²) < 4.78 is 1.65. The summed E-state index contributed by atoms with van der Waals surface area (Å²) in [5, 5.41) is 0. The molecule has 0 aliphatic carbocycles. The summed E-state index contributed by atoms with van der Waals surface area (Å²) in [6.45, 7) is 2.00. The van der Waals surface area contributed by atoms with Crippen molar-refractivity contribution in [1.82, 2.24) is 9.55 Å². The molecule has 1 heterocycles. The molecular formula is C14H13N3O. The summed E-state index contributed by atoms with van der Waals surface area (Å²) in [5.41, 5.74) is 9.84. The molecule has 0 aliphatic rings. The van der Waals surface area contributed by atoms with Crippen molar-refractivity contribution in [2.45, 2.75) is 6.92 Å². The van der Waals surface area contributed by atoms with Crippen LogP contribution in [0.1, 0.15) is 5.56 Å². The number of nitrogens with zero attached hydrogens (tertiary/aromatic N) is 1. The molecule has 0 bridgehead atoms. The second-order valence-electron chi connectivity index (χ2n) is 4.38. The lowest BCUT2D eigenvalue weighted by atomic mass is 10.2. The Hall–Kier alpha value is -2.49. The number of H-pyrrole nitrogens is 1. The van der Waals surface area contributed by atoms with Crippen molar-refractivity contribution in [2.75, 3.05) is 5.73 Å². The van der Waals surface area contributed by atoms with Crippen LogP contribution in [-0.4, -0.2) is 9.55 Å². The zero-order chi connectivity index (χ0) is 12.7. The third kappa shape index (κ3) is 1.59. The number of fused-ring (bicyclic) bond motifs is 1. The molecule has 0 atom stereocenters. The summed E-state index contributed by atoms with van der Waals surface area (Å²) in [7, 11) is 0. The molecule has 2 aromatic carbocycles. The predicted octanol–water partition coefficient (Wildman–Crippen LogP) is 2.21. The van der Waals surface area contributed by atoms with Crippen molar-refractivity contribution in [1.29, 1.82) is 0 Å². The van der Waals surface area contributed by atoms with Crippen molar-refractivity contribution in [3.05, 3.63) is 58.5 Å². The zero-order valence-corrected chi connectivity index (χ0v) is 9.97. The SMILES string of the molecule is Cc1ccc2c(c1)[nH]c(=O)n2-c1ccc(N)cc1. The van der Waals surface area contributed by atoms with Crippen LogP contribution >= 0.6 is 0 Å². The van der Waals surface area contributed by atoms with Crippen LogP contribution in [0.25, 0.3) is 16.7 Å². The molecule has 4 nitrogen and oxygen atoms in total. The monoisotopic (exact) mass is 239 g/mol. The second kappa shape index (κ2) is 3.77. The minimum absolute atomic E-state index is 0.139. The van der Waals surface area contributed by atoms with Gasteiger partial charge in [0, 0.05) is 5.69 Å². The van der Waals surface area contributed by atoms with Gasteiger partial charge < -0.3 is 10.7 Å². The lowest BCUT2D eigenvalue weighted by Gasteiger charge is -2.03. The number of nitrogens with one attached hydrogen (secondary N) is 1. The molecule has 3 aromatic rings. The standard InChI is InChI=1S/C14H13N3O/c1-9-2-7-13-12(8-9)16-14(18)17(13)11-5-3-10(15)4-6-11/h2-8H,15H2,1H3,(H,16,18). The number of benzene rings is 2. The highest BCUT2D eigenvalue weighted by Crippen LogP contribution is 2.17. The predicted molar refractivity (Wildman–Crippen MR) is 73.0 cm³/mol. The number of imidazole rings is 1. The van der Waals surface area contributed by atoms with E-state index < -0.39 is 0 Å². The van der Waals surface area contributed by atoms with Crippen LogP contribution in [0.3, 0.4) is 0 Å². The normalized spacial score (nSPS) is 10.9. The molecule has 4 heteroatoms. The number of hydrogen-bond acceptors (Lipinski definition) is 2. The van der Waals surface area contributed by atoms with E-state index >= 15 is 0 Å². The molecule has 0 amide bonds. The molecule has 18 heavy (non-hydrogen) atoms. The van der Waals surface area contributed by atoms with Gasteiger partial charge in [0.2, 0.25) is 0 Å². The topological polar surface area (TPSA) is 63.8 Å². The molecule has 3 rings (SSSR count). The quantitative estimate of drug-likeness (QED) is 0.639. The summed E-state index contributed by atoms with van der Waals surface area (Å²) in [6.07, 6.45) is 0. The van der Waals surface area contributed by atoms with Crippen molar-refractivity contribution < 1.29 is 0 Å². The van der Waals surface area contributed by atoms with Gasteiger partial charge in [-0.3, -0.25) is 4.57 Å². The number of nitrogen functional groups attached to an aromatic ring is 1. The lowest BCUT2D eigenvalue weighted by molar-refractivity contribution is 1.02. The fourth-order valence-corrected chi connectivity index (χ4v) is 2.11. The average Bonchev–Trinajstić information content (AvgIpc) is 2.65. The van der Waals surface area contributed by atoms with Gasteiger partial charge in [-0.05, 0) is 48.9 Å². The molecule has 3 N–H and O–H groups in total. The third-order valence-electron chi connectivity index (χ3n) is 2.99. The number of aryl methyl sites for hydroxylation is 1. The van der Waals surface area contributed by atoms with Gasteiger partial charge >= 0.3 is 5.69 Å². The number of rotatable bonds is 1. The van der Waals surface area contributed by atoms with Gasteiger partial charge in [-0.2, -0.15) is 0 Å². The van der Waals surface area contributed by atoms with Gasteiger partial charge in [-0.25, -0.2) is 4.79 Å². The first-order chi connectivity index (χ1) is 8.65. The number of anilines is 1. The minimum Gasteiger partial charge on any atom is -0.399 e. The number of hydrogen-bond donors (Lipinski definition) is 2. The van der Waals surface area contributed by atoms with Crippen molar-refractivity contribution in [3.8, 4) is 5.69 Å². The number of aromatic amines is 1. The fraction of sp³-hybridized carbons (Fsp3) is 0.0714. The molecule has 1 aromatic heterocycles. The Kier molecular flexibility index (Phi) is 2.23. The van der Waals surface area contributed by atoms with Gasteiger partial charge in [0.25, 0.3) is 0 Å². The van der Waals surface area contributed by atoms with E-state index in [0.29, 0.717) is 5.69 Å². The van der Waals surface area contributed by atoms with Crippen LogP contribution in [0.2, 0.25) is 0 Å². The molecular weight excluding hydrogens is 226 g/mol. The van der Waals surface area contributed by atoms with E-state index in [1.807, 2.05) is 37.3 Å². The fourth-order valence-electron chi connectivity index (χ4n) is 2.11. The van der Waals surface area contributed by atoms with Gasteiger partial charge in [-0.15, -0.1) is 0 Å². The first kappa shape index (κ1) is 10.7. The molecule has 0 radical (unpaired) electrons. The first-order valence-electron chi connectivity index (χ1n) is 5.72. The Labute approximate surface area is 104 Å². The molecule has 0 aliphatic heterocycles. The average molecular weight is 239 g/mol. The van der Waals surface area contributed by atoms with Gasteiger partial charge in [-0.1, -0.05) is 6.07 Å². The maximum Gasteiger partial charge on any atom is 0.331 e. The smallest absolute Gasteiger partial charge is 0.331 e. The van der Waals surface area contributed by atoms with Crippen LogP contribution in [0.15, 0.2) is 47.3 Å². The number of aromatic nitrogens is 2. The van der Waals surface area contributed by atoms with Gasteiger partial charge in [0.15, 0.2) is 0 Å². The lowest BCUT2D eigenvalue weighted by Crippen LogP contribution is -2.14.